The van der Waals surface area contributed by atoms with Crippen molar-refractivity contribution in [1.82, 2.24) is 9.97 Å². The number of hydrogen-bond donors (Lipinski definition) is 1. The van der Waals surface area contributed by atoms with E-state index in [1.807, 2.05) is 0 Å². The molecule has 2 heteroatoms. The fourth-order valence-corrected chi connectivity index (χ4v) is 2.45. The third kappa shape index (κ3) is 1.90. The van der Waals surface area contributed by atoms with E-state index in [0.29, 0.717) is 0 Å². The highest BCUT2D eigenvalue weighted by atomic mass is 14.9. The Kier molecular flexibility index (Phi) is 2.63. The molecule has 0 spiro atoms. The van der Waals surface area contributed by atoms with Crippen LogP contribution in [0, 0.1) is 13.8 Å². The van der Waals surface area contributed by atoms with Crippen LogP contribution in [0.15, 0.2) is 42.7 Å². The summed E-state index contributed by atoms with van der Waals surface area (Å²) in [6, 6.07) is 13.0. The van der Waals surface area contributed by atoms with Gasteiger partial charge in [-0.25, -0.2) is 4.98 Å². The third-order valence-electron chi connectivity index (χ3n) is 3.38. The van der Waals surface area contributed by atoms with Crippen LogP contribution in [0.1, 0.15) is 22.5 Å². The number of aromatic amines is 1. The summed E-state index contributed by atoms with van der Waals surface area (Å²) in [7, 11) is 0. The van der Waals surface area contributed by atoms with E-state index in [9.17, 15) is 0 Å². The van der Waals surface area contributed by atoms with Gasteiger partial charge in [0.25, 0.3) is 0 Å². The summed E-state index contributed by atoms with van der Waals surface area (Å²) in [5.41, 5.74) is 4.93. The lowest BCUT2D eigenvalue weighted by Crippen LogP contribution is -1.93. The Morgan fingerprint density at radius 1 is 1.11 bits per heavy atom. The lowest BCUT2D eigenvalue weighted by Gasteiger charge is -2.08. The lowest BCUT2D eigenvalue weighted by atomic mass is 9.98. The first-order valence-corrected chi connectivity index (χ1v) is 6.21. The topological polar surface area (TPSA) is 28.7 Å². The molecule has 90 valence electrons. The molecule has 1 aromatic heterocycles. The minimum atomic E-state index is 0.886. The van der Waals surface area contributed by atoms with Crippen LogP contribution >= 0.6 is 0 Å². The van der Waals surface area contributed by atoms with Crippen LogP contribution in [0.2, 0.25) is 0 Å². The summed E-state index contributed by atoms with van der Waals surface area (Å²) in [6.07, 6.45) is 2.65. The fourth-order valence-electron chi connectivity index (χ4n) is 2.45. The zero-order valence-electron chi connectivity index (χ0n) is 10.7. The second kappa shape index (κ2) is 4.30. The Balaban J connectivity index is 2.14. The Morgan fingerprint density at radius 2 is 1.94 bits per heavy atom. The smallest absolute Gasteiger partial charge is 0.0925 e. The van der Waals surface area contributed by atoms with E-state index in [1.165, 1.54) is 21.9 Å². The van der Waals surface area contributed by atoms with Gasteiger partial charge in [-0.15, -0.1) is 0 Å². The fraction of sp³-hybridized carbons (Fsp3) is 0.188. The van der Waals surface area contributed by atoms with Crippen molar-refractivity contribution in [2.24, 2.45) is 0 Å². The predicted molar refractivity (Wildman–Crippen MR) is 74.8 cm³/mol. The van der Waals surface area contributed by atoms with Crippen molar-refractivity contribution in [3.63, 3.8) is 0 Å². The molecular weight excluding hydrogens is 220 g/mol. The van der Waals surface area contributed by atoms with Gasteiger partial charge < -0.3 is 4.98 Å². The molecule has 2 aromatic carbocycles. The molecule has 1 N–H and O–H groups in total. The molecule has 0 amide bonds. The van der Waals surface area contributed by atoms with E-state index in [0.717, 1.165) is 17.8 Å². The van der Waals surface area contributed by atoms with Gasteiger partial charge in [-0.3, -0.25) is 0 Å². The van der Waals surface area contributed by atoms with E-state index in [-0.39, 0.29) is 0 Å². The third-order valence-corrected chi connectivity index (χ3v) is 3.38. The van der Waals surface area contributed by atoms with Crippen molar-refractivity contribution in [3.05, 3.63) is 65.2 Å². The Labute approximate surface area is 107 Å². The molecule has 0 unspecified atom stereocenters. The van der Waals surface area contributed by atoms with Crippen LogP contribution < -0.4 is 0 Å². The maximum atomic E-state index is 4.39. The largest absolute Gasteiger partial charge is 0.348 e. The van der Waals surface area contributed by atoms with Crippen molar-refractivity contribution < 1.29 is 0 Å². The van der Waals surface area contributed by atoms with Crippen molar-refractivity contribution in [2.75, 3.05) is 0 Å². The molecule has 2 nitrogen and oxygen atoms in total. The highest BCUT2D eigenvalue weighted by Crippen LogP contribution is 2.23. The Hall–Kier alpha value is -2.09. The summed E-state index contributed by atoms with van der Waals surface area (Å²) >= 11 is 0. The SMILES string of the molecule is Cc1cc(Cc2nc[nH]c2C)c2ccccc2c1. The zero-order valence-corrected chi connectivity index (χ0v) is 10.7. The number of nitrogens with zero attached hydrogens (tertiary/aromatic N) is 1. The molecule has 0 bridgehead atoms. The number of aryl methyl sites for hydroxylation is 2. The molecule has 0 saturated carbocycles. The maximum Gasteiger partial charge on any atom is 0.0925 e. The highest BCUT2D eigenvalue weighted by Gasteiger charge is 2.07. The number of hydrogen-bond acceptors (Lipinski definition) is 1. The molecule has 0 radical (unpaired) electrons. The molecule has 0 aliphatic carbocycles. The van der Waals surface area contributed by atoms with Crippen molar-refractivity contribution >= 4 is 10.8 Å². The molecule has 0 atom stereocenters. The quantitative estimate of drug-likeness (QED) is 0.721. The van der Waals surface area contributed by atoms with Gasteiger partial charge in [0.05, 0.1) is 12.0 Å². The van der Waals surface area contributed by atoms with Crippen LogP contribution in [0.5, 0.6) is 0 Å². The number of rotatable bonds is 2. The van der Waals surface area contributed by atoms with Gasteiger partial charge in [0, 0.05) is 12.1 Å². The lowest BCUT2D eigenvalue weighted by molar-refractivity contribution is 1.09. The van der Waals surface area contributed by atoms with Crippen LogP contribution in [-0.4, -0.2) is 9.97 Å². The summed E-state index contributed by atoms with van der Waals surface area (Å²) in [4.78, 5) is 7.53. The number of nitrogens with one attached hydrogen (secondary N) is 1. The summed E-state index contributed by atoms with van der Waals surface area (Å²) in [6.45, 7) is 4.22. The van der Waals surface area contributed by atoms with Gasteiger partial charge >= 0.3 is 0 Å². The molecule has 0 aliphatic heterocycles. The van der Waals surface area contributed by atoms with Gasteiger partial charge in [-0.2, -0.15) is 0 Å². The van der Waals surface area contributed by atoms with Gasteiger partial charge in [0.15, 0.2) is 0 Å². The van der Waals surface area contributed by atoms with Crippen LogP contribution in [-0.2, 0) is 6.42 Å². The molecule has 0 fully saturated rings. The van der Waals surface area contributed by atoms with Crippen molar-refractivity contribution in [2.45, 2.75) is 20.3 Å². The number of aromatic nitrogens is 2. The highest BCUT2D eigenvalue weighted by molar-refractivity contribution is 5.86. The molecule has 3 rings (SSSR count). The average molecular weight is 236 g/mol. The zero-order chi connectivity index (χ0) is 12.5. The Morgan fingerprint density at radius 3 is 2.72 bits per heavy atom. The van der Waals surface area contributed by atoms with Crippen molar-refractivity contribution in [1.29, 1.82) is 0 Å². The standard InChI is InChI=1S/C16H16N2/c1-11-7-13-5-3-4-6-15(13)14(8-11)9-16-12(2)17-10-18-16/h3-8,10H,9H2,1-2H3,(H,17,18). The summed E-state index contributed by atoms with van der Waals surface area (Å²) in [5, 5.41) is 2.63. The Bertz CT molecular complexity index is 695. The van der Waals surface area contributed by atoms with E-state index in [1.54, 1.807) is 6.33 Å². The van der Waals surface area contributed by atoms with Gasteiger partial charge in [-0.1, -0.05) is 42.0 Å². The number of fused-ring (bicyclic) bond motifs is 1. The predicted octanol–water partition coefficient (Wildman–Crippen LogP) is 3.77. The van der Waals surface area contributed by atoms with E-state index in [4.69, 9.17) is 0 Å². The minimum absolute atomic E-state index is 0.886. The first-order valence-electron chi connectivity index (χ1n) is 6.21. The first kappa shape index (κ1) is 11.0. The van der Waals surface area contributed by atoms with Crippen molar-refractivity contribution in [3.8, 4) is 0 Å². The number of imidazole rings is 1. The van der Waals surface area contributed by atoms with E-state index < -0.39 is 0 Å². The monoisotopic (exact) mass is 236 g/mol. The van der Waals surface area contributed by atoms with Gasteiger partial charge in [-0.05, 0) is 30.2 Å². The molecule has 0 aliphatic rings. The van der Waals surface area contributed by atoms with Gasteiger partial charge in [0.1, 0.15) is 0 Å². The minimum Gasteiger partial charge on any atom is -0.348 e. The molecule has 1 heterocycles. The van der Waals surface area contributed by atoms with Crippen LogP contribution in [0.3, 0.4) is 0 Å². The van der Waals surface area contributed by atoms with Crippen LogP contribution in [0.4, 0.5) is 0 Å². The summed E-state index contributed by atoms with van der Waals surface area (Å²) < 4.78 is 0. The maximum absolute atomic E-state index is 4.39. The first-order chi connectivity index (χ1) is 8.74. The molecule has 3 aromatic rings. The molecule has 0 saturated heterocycles. The molecule has 18 heavy (non-hydrogen) atoms. The normalized spacial score (nSPS) is 11.0. The second-order valence-corrected chi connectivity index (χ2v) is 4.80. The number of H-pyrrole nitrogens is 1. The van der Waals surface area contributed by atoms with E-state index in [2.05, 4.69) is 60.2 Å². The van der Waals surface area contributed by atoms with Gasteiger partial charge in [0.2, 0.25) is 0 Å². The number of benzene rings is 2. The average Bonchev–Trinajstić information content (AvgIpc) is 2.75. The summed E-state index contributed by atoms with van der Waals surface area (Å²) in [5.74, 6) is 0. The second-order valence-electron chi connectivity index (χ2n) is 4.80. The van der Waals surface area contributed by atoms with E-state index >= 15 is 0 Å². The molecular formula is C16H16N2. The van der Waals surface area contributed by atoms with Crippen LogP contribution in [0.25, 0.3) is 10.8 Å².